The minimum absolute atomic E-state index is 0.253. The number of thiophene rings is 1. The predicted molar refractivity (Wildman–Crippen MR) is 65.6 cm³/mol. The Hall–Kier alpha value is 0.0600. The van der Waals surface area contributed by atoms with E-state index < -0.39 is 0 Å². The molecule has 3 N–H and O–H groups in total. The van der Waals surface area contributed by atoms with Gasteiger partial charge in [-0.2, -0.15) is 0 Å². The van der Waals surface area contributed by atoms with Gasteiger partial charge in [-0.1, -0.05) is 0 Å². The van der Waals surface area contributed by atoms with Crippen LogP contribution in [0.3, 0.4) is 0 Å². The molecule has 1 aliphatic rings. The average Bonchev–Trinajstić information content (AvgIpc) is 2.68. The van der Waals surface area contributed by atoms with Gasteiger partial charge in [0.25, 0.3) is 0 Å². The van der Waals surface area contributed by atoms with E-state index in [4.69, 9.17) is 10.6 Å². The van der Waals surface area contributed by atoms with Gasteiger partial charge in [0.15, 0.2) is 0 Å². The minimum atomic E-state index is 0.253. The molecule has 0 aliphatic carbocycles. The number of hydrogen-bond acceptors (Lipinski definition) is 4. The van der Waals surface area contributed by atoms with E-state index in [1.165, 1.54) is 4.88 Å². The van der Waals surface area contributed by atoms with E-state index >= 15 is 0 Å². The Kier molecular flexibility index (Phi) is 4.16. The molecule has 1 fully saturated rings. The SMILES string of the molecule is NNC(c1sccc1Br)C1CCOCC1. The fourth-order valence-electron chi connectivity index (χ4n) is 2.00. The molecule has 0 amide bonds. The summed E-state index contributed by atoms with van der Waals surface area (Å²) in [5, 5.41) is 2.09. The predicted octanol–water partition coefficient (Wildman–Crippen LogP) is 2.44. The lowest BCUT2D eigenvalue weighted by atomic mass is 9.91. The van der Waals surface area contributed by atoms with Crippen LogP contribution in [0.1, 0.15) is 23.8 Å². The van der Waals surface area contributed by atoms with Gasteiger partial charge < -0.3 is 4.74 Å². The van der Waals surface area contributed by atoms with Crippen LogP contribution < -0.4 is 11.3 Å². The third-order valence-corrected chi connectivity index (χ3v) is 4.80. The second kappa shape index (κ2) is 5.41. The monoisotopic (exact) mass is 290 g/mol. The van der Waals surface area contributed by atoms with Crippen molar-refractivity contribution in [2.24, 2.45) is 11.8 Å². The molecule has 0 spiro atoms. The average molecular weight is 291 g/mol. The van der Waals surface area contributed by atoms with Gasteiger partial charge in [-0.3, -0.25) is 11.3 Å². The Labute approximate surface area is 102 Å². The fourth-order valence-corrected chi connectivity index (χ4v) is 3.77. The van der Waals surface area contributed by atoms with Gasteiger partial charge in [0.1, 0.15) is 0 Å². The van der Waals surface area contributed by atoms with Crippen LogP contribution in [-0.2, 0) is 4.74 Å². The molecule has 1 aromatic heterocycles. The van der Waals surface area contributed by atoms with Gasteiger partial charge in [0, 0.05) is 22.6 Å². The van der Waals surface area contributed by atoms with Crippen molar-refractivity contribution in [2.75, 3.05) is 13.2 Å². The second-order valence-electron chi connectivity index (χ2n) is 3.73. The van der Waals surface area contributed by atoms with E-state index in [-0.39, 0.29) is 6.04 Å². The third-order valence-electron chi connectivity index (χ3n) is 2.84. The Bertz CT molecular complexity index is 312. The first kappa shape index (κ1) is 11.5. The summed E-state index contributed by atoms with van der Waals surface area (Å²) in [5.41, 5.74) is 2.94. The van der Waals surface area contributed by atoms with Gasteiger partial charge >= 0.3 is 0 Å². The highest BCUT2D eigenvalue weighted by atomic mass is 79.9. The van der Waals surface area contributed by atoms with Crippen molar-refractivity contribution in [2.45, 2.75) is 18.9 Å². The summed E-state index contributed by atoms with van der Waals surface area (Å²) in [4.78, 5) is 1.30. The van der Waals surface area contributed by atoms with Gasteiger partial charge in [0.2, 0.25) is 0 Å². The molecule has 2 rings (SSSR count). The van der Waals surface area contributed by atoms with Crippen molar-refractivity contribution in [3.63, 3.8) is 0 Å². The van der Waals surface area contributed by atoms with Gasteiger partial charge in [0.05, 0.1) is 6.04 Å². The van der Waals surface area contributed by atoms with Crippen molar-refractivity contribution in [1.29, 1.82) is 0 Å². The first-order valence-electron chi connectivity index (χ1n) is 5.09. The van der Waals surface area contributed by atoms with Gasteiger partial charge in [-0.05, 0) is 46.1 Å². The van der Waals surface area contributed by atoms with Crippen molar-refractivity contribution >= 4 is 27.3 Å². The van der Waals surface area contributed by atoms with E-state index in [9.17, 15) is 0 Å². The van der Waals surface area contributed by atoms with Crippen LogP contribution in [0.25, 0.3) is 0 Å². The van der Waals surface area contributed by atoms with E-state index in [1.54, 1.807) is 11.3 Å². The highest BCUT2D eigenvalue weighted by Gasteiger charge is 2.26. The number of hydrogen-bond donors (Lipinski definition) is 2. The molecular weight excluding hydrogens is 276 g/mol. The fraction of sp³-hybridized carbons (Fsp3) is 0.600. The standard InChI is InChI=1S/C10H15BrN2OS/c11-8-3-6-15-10(8)9(13-12)7-1-4-14-5-2-7/h3,6-7,9,13H,1-2,4-5,12H2. The highest BCUT2D eigenvalue weighted by Crippen LogP contribution is 2.36. The molecule has 1 atom stereocenters. The van der Waals surface area contributed by atoms with E-state index in [0.29, 0.717) is 5.92 Å². The molecule has 1 unspecified atom stereocenters. The van der Waals surface area contributed by atoms with E-state index in [1.807, 2.05) is 0 Å². The van der Waals surface area contributed by atoms with Crippen LogP contribution in [0.5, 0.6) is 0 Å². The molecule has 5 heteroatoms. The second-order valence-corrected chi connectivity index (χ2v) is 5.53. The third kappa shape index (κ3) is 2.60. The Morgan fingerprint density at radius 1 is 1.53 bits per heavy atom. The summed E-state index contributed by atoms with van der Waals surface area (Å²) >= 11 is 5.30. The summed E-state index contributed by atoms with van der Waals surface area (Å²) in [7, 11) is 0. The number of nitrogens with one attached hydrogen (secondary N) is 1. The number of ether oxygens (including phenoxy) is 1. The van der Waals surface area contributed by atoms with Gasteiger partial charge in [-0.15, -0.1) is 11.3 Å². The molecule has 0 radical (unpaired) electrons. The van der Waals surface area contributed by atoms with Crippen LogP contribution in [0.2, 0.25) is 0 Å². The maximum atomic E-state index is 5.66. The Balaban J connectivity index is 2.12. The lowest BCUT2D eigenvalue weighted by Crippen LogP contribution is -2.35. The van der Waals surface area contributed by atoms with E-state index in [2.05, 4.69) is 32.8 Å². The van der Waals surface area contributed by atoms with Crippen molar-refractivity contribution < 1.29 is 4.74 Å². The smallest absolute Gasteiger partial charge is 0.0594 e. The van der Waals surface area contributed by atoms with Crippen molar-refractivity contribution in [3.05, 3.63) is 20.8 Å². The van der Waals surface area contributed by atoms with Gasteiger partial charge in [-0.25, -0.2) is 0 Å². The molecule has 0 saturated carbocycles. The Morgan fingerprint density at radius 3 is 2.80 bits per heavy atom. The molecule has 84 valence electrons. The maximum Gasteiger partial charge on any atom is 0.0594 e. The summed E-state index contributed by atoms with van der Waals surface area (Å²) in [6.07, 6.45) is 2.17. The largest absolute Gasteiger partial charge is 0.381 e. The zero-order valence-corrected chi connectivity index (χ0v) is 10.8. The highest BCUT2D eigenvalue weighted by molar-refractivity contribution is 9.10. The molecule has 1 aliphatic heterocycles. The minimum Gasteiger partial charge on any atom is -0.381 e. The lowest BCUT2D eigenvalue weighted by Gasteiger charge is -2.29. The molecule has 2 heterocycles. The zero-order chi connectivity index (χ0) is 10.7. The first-order chi connectivity index (χ1) is 7.33. The Morgan fingerprint density at radius 2 is 2.27 bits per heavy atom. The van der Waals surface area contributed by atoms with Crippen LogP contribution in [0.4, 0.5) is 0 Å². The number of rotatable bonds is 3. The summed E-state index contributed by atoms with van der Waals surface area (Å²) in [6, 6.07) is 2.33. The normalized spacial score (nSPS) is 20.4. The number of halogens is 1. The topological polar surface area (TPSA) is 47.3 Å². The molecule has 0 aromatic carbocycles. The van der Waals surface area contributed by atoms with Crippen LogP contribution >= 0.6 is 27.3 Å². The summed E-state index contributed by atoms with van der Waals surface area (Å²) in [6.45, 7) is 1.71. The van der Waals surface area contributed by atoms with Crippen molar-refractivity contribution in [1.82, 2.24) is 5.43 Å². The summed E-state index contributed by atoms with van der Waals surface area (Å²) in [5.74, 6) is 6.24. The molecule has 1 saturated heterocycles. The van der Waals surface area contributed by atoms with Crippen LogP contribution in [-0.4, -0.2) is 13.2 Å². The van der Waals surface area contributed by atoms with Crippen LogP contribution in [0.15, 0.2) is 15.9 Å². The molecule has 3 nitrogen and oxygen atoms in total. The number of hydrazine groups is 1. The molecule has 0 bridgehead atoms. The maximum absolute atomic E-state index is 5.66. The molecule has 15 heavy (non-hydrogen) atoms. The molecular formula is C10H15BrN2OS. The first-order valence-corrected chi connectivity index (χ1v) is 6.77. The van der Waals surface area contributed by atoms with E-state index in [0.717, 1.165) is 30.5 Å². The van der Waals surface area contributed by atoms with Crippen molar-refractivity contribution in [3.8, 4) is 0 Å². The lowest BCUT2D eigenvalue weighted by molar-refractivity contribution is 0.0540. The number of nitrogens with two attached hydrogens (primary N) is 1. The molecule has 1 aromatic rings. The van der Waals surface area contributed by atoms with Crippen LogP contribution in [0, 0.1) is 5.92 Å². The summed E-state index contributed by atoms with van der Waals surface area (Å²) < 4.78 is 6.52. The zero-order valence-electron chi connectivity index (χ0n) is 8.41. The quantitative estimate of drug-likeness (QED) is 0.664.